The van der Waals surface area contributed by atoms with Crippen molar-refractivity contribution in [2.45, 2.75) is 193 Å². The first-order valence-corrected chi connectivity index (χ1v) is 19.5. The molecule has 1 rings (SSSR count). The van der Waals surface area contributed by atoms with E-state index in [1.54, 1.807) is 0 Å². The van der Waals surface area contributed by atoms with Crippen LogP contribution >= 0.6 is 0 Å². The second-order valence-electron chi connectivity index (χ2n) is 12.9. The first-order valence-electron chi connectivity index (χ1n) is 18.0. The molecule has 1 aromatic rings. The second-order valence-corrected chi connectivity index (χ2v) is 14.5. The van der Waals surface area contributed by atoms with Crippen molar-refractivity contribution >= 4 is 10.1 Å². The molecule has 0 saturated carbocycles. The van der Waals surface area contributed by atoms with Crippen LogP contribution in [-0.2, 0) is 16.5 Å². The highest BCUT2D eigenvalue weighted by molar-refractivity contribution is 7.86. The number of rotatable bonds is 29. The van der Waals surface area contributed by atoms with E-state index >= 15 is 0 Å². The van der Waals surface area contributed by atoms with E-state index in [1.165, 1.54) is 135 Å². The molecule has 41 heavy (non-hydrogen) atoms. The van der Waals surface area contributed by atoms with Crippen LogP contribution in [0.2, 0.25) is 0 Å². The average molecular weight is 593 g/mol. The highest BCUT2D eigenvalue weighted by Gasteiger charge is 2.27. The minimum Gasteiger partial charge on any atom is -0.285 e. The van der Waals surface area contributed by atoms with Crippen LogP contribution in [0.15, 0.2) is 24.3 Å². The van der Waals surface area contributed by atoms with Crippen LogP contribution in [0.4, 0.5) is 0 Å². The van der Waals surface area contributed by atoms with Gasteiger partial charge in [-0.2, -0.15) is 8.42 Å². The summed E-state index contributed by atoms with van der Waals surface area (Å²) < 4.78 is 35.4. The summed E-state index contributed by atoms with van der Waals surface area (Å²) in [6.45, 7) is 6.78. The smallest absolute Gasteiger partial charge is 0.271 e. The summed E-state index contributed by atoms with van der Waals surface area (Å²) in [5.74, 6) is 0.590. The molecule has 0 aliphatic rings. The van der Waals surface area contributed by atoms with Gasteiger partial charge >= 0.3 is 0 Å². The molecule has 2 unspecified atom stereocenters. The Balaban J connectivity index is 2.54. The summed E-state index contributed by atoms with van der Waals surface area (Å²) in [4.78, 5) is 0. The van der Waals surface area contributed by atoms with Gasteiger partial charge < -0.3 is 0 Å². The van der Waals surface area contributed by atoms with E-state index in [2.05, 4.69) is 26.8 Å². The van der Waals surface area contributed by atoms with Gasteiger partial charge in [-0.25, -0.2) is 0 Å². The van der Waals surface area contributed by atoms with Gasteiger partial charge in [-0.3, -0.25) is 4.55 Å². The zero-order valence-corrected chi connectivity index (χ0v) is 28.3. The first-order chi connectivity index (χ1) is 19.9. The van der Waals surface area contributed by atoms with Crippen molar-refractivity contribution in [3.63, 3.8) is 0 Å². The van der Waals surface area contributed by atoms with Crippen molar-refractivity contribution in [3.8, 4) is 0 Å². The Morgan fingerprint density at radius 3 is 1.37 bits per heavy atom. The van der Waals surface area contributed by atoms with Crippen molar-refractivity contribution in [2.75, 3.05) is 0 Å². The summed E-state index contributed by atoms with van der Waals surface area (Å²) in [5.41, 5.74) is 1.98. The van der Waals surface area contributed by atoms with Gasteiger partial charge in [-0.05, 0) is 29.9 Å². The molecule has 0 spiro atoms. The second kappa shape index (κ2) is 25.6. The van der Waals surface area contributed by atoms with E-state index in [0.717, 1.165) is 36.8 Å². The van der Waals surface area contributed by atoms with E-state index in [4.69, 9.17) is 0 Å². The van der Waals surface area contributed by atoms with Crippen molar-refractivity contribution in [3.05, 3.63) is 35.4 Å². The highest BCUT2D eigenvalue weighted by atomic mass is 32.2. The van der Waals surface area contributed by atoms with Gasteiger partial charge in [0.1, 0.15) is 5.25 Å². The molecule has 2 atom stereocenters. The zero-order chi connectivity index (χ0) is 30.0. The van der Waals surface area contributed by atoms with Crippen molar-refractivity contribution < 1.29 is 13.0 Å². The molecule has 0 aliphatic heterocycles. The van der Waals surface area contributed by atoms with Gasteiger partial charge in [0.15, 0.2) is 0 Å². The lowest BCUT2D eigenvalue weighted by Gasteiger charge is -2.22. The highest BCUT2D eigenvalue weighted by Crippen LogP contribution is 2.33. The fourth-order valence-electron chi connectivity index (χ4n) is 6.40. The SMILES string of the molecule is CCCCCCCCCCCCCCCCC(c1ccccc1CC(CCCCC)CCCCCCC)S(=O)(=O)O. The molecule has 0 amide bonds. The molecule has 4 heteroatoms. The Labute approximate surface area is 256 Å². The maximum absolute atomic E-state index is 12.6. The molecule has 1 aromatic carbocycles. The van der Waals surface area contributed by atoms with Gasteiger partial charge in [0, 0.05) is 0 Å². The lowest BCUT2D eigenvalue weighted by atomic mass is 9.86. The Kier molecular flexibility index (Phi) is 23.8. The predicted molar refractivity (Wildman–Crippen MR) is 180 cm³/mol. The van der Waals surface area contributed by atoms with Gasteiger partial charge in [0.25, 0.3) is 10.1 Å². The van der Waals surface area contributed by atoms with Gasteiger partial charge in [-0.15, -0.1) is 0 Å². The van der Waals surface area contributed by atoms with Crippen LogP contribution in [0.3, 0.4) is 0 Å². The standard InChI is InChI=1S/C37H68O3S/c1-4-7-10-12-13-14-15-16-17-18-19-20-22-25-32-37(41(38,39)40)36-31-27-26-30-35(36)33-34(28-23-9-6-3)29-24-21-11-8-5-2/h26-27,30-31,34,37H,4-25,28-29,32-33H2,1-3H3,(H,38,39,40). The molecule has 0 aliphatic carbocycles. The van der Waals surface area contributed by atoms with Crippen LogP contribution in [0.1, 0.15) is 198 Å². The quantitative estimate of drug-likeness (QED) is 0.0743. The fraction of sp³-hybridized carbons (Fsp3) is 0.838. The number of hydrogen-bond acceptors (Lipinski definition) is 2. The molecule has 0 radical (unpaired) electrons. The molecule has 0 heterocycles. The normalized spacial score (nSPS) is 13.5. The number of unbranched alkanes of at least 4 members (excludes halogenated alkanes) is 19. The van der Waals surface area contributed by atoms with E-state index in [0.29, 0.717) is 12.3 Å². The lowest BCUT2D eigenvalue weighted by Crippen LogP contribution is -2.16. The summed E-state index contributed by atoms with van der Waals surface area (Å²) in [5, 5.41) is -0.795. The third-order valence-corrected chi connectivity index (χ3v) is 10.2. The molecule has 0 aromatic heterocycles. The summed E-state index contributed by atoms with van der Waals surface area (Å²) in [6, 6.07) is 8.06. The third-order valence-electron chi connectivity index (χ3n) is 9.02. The van der Waals surface area contributed by atoms with Gasteiger partial charge in [0.2, 0.25) is 0 Å². The largest absolute Gasteiger partial charge is 0.285 e. The Morgan fingerprint density at radius 1 is 0.537 bits per heavy atom. The number of benzene rings is 1. The molecule has 1 N–H and O–H groups in total. The van der Waals surface area contributed by atoms with Crippen molar-refractivity contribution in [2.24, 2.45) is 5.92 Å². The monoisotopic (exact) mass is 592 g/mol. The van der Waals surface area contributed by atoms with E-state index in [-0.39, 0.29) is 0 Å². The molecular formula is C37H68O3S. The van der Waals surface area contributed by atoms with Gasteiger partial charge in [-0.1, -0.05) is 199 Å². The van der Waals surface area contributed by atoms with Crippen LogP contribution in [0.5, 0.6) is 0 Å². The van der Waals surface area contributed by atoms with E-state index < -0.39 is 15.4 Å². The molecule has 3 nitrogen and oxygen atoms in total. The van der Waals surface area contributed by atoms with Crippen LogP contribution in [0, 0.1) is 5.92 Å². The van der Waals surface area contributed by atoms with E-state index in [9.17, 15) is 13.0 Å². The average Bonchev–Trinajstić information content (AvgIpc) is 2.95. The fourth-order valence-corrected chi connectivity index (χ4v) is 7.42. The Morgan fingerprint density at radius 2 is 0.902 bits per heavy atom. The zero-order valence-electron chi connectivity index (χ0n) is 27.5. The third kappa shape index (κ3) is 19.9. The molecule has 0 fully saturated rings. The lowest BCUT2D eigenvalue weighted by molar-refractivity contribution is 0.403. The minimum absolute atomic E-state index is 0.519. The molecule has 240 valence electrons. The van der Waals surface area contributed by atoms with Crippen LogP contribution in [-0.4, -0.2) is 13.0 Å². The topological polar surface area (TPSA) is 54.4 Å². The minimum atomic E-state index is -4.14. The maximum Gasteiger partial charge on any atom is 0.271 e. The molecule has 0 bridgehead atoms. The predicted octanol–water partition coefficient (Wildman–Crippen LogP) is 12.6. The Bertz CT molecular complexity index is 819. The van der Waals surface area contributed by atoms with Crippen LogP contribution < -0.4 is 0 Å². The molecule has 0 saturated heterocycles. The van der Waals surface area contributed by atoms with Crippen molar-refractivity contribution in [1.82, 2.24) is 0 Å². The summed E-state index contributed by atoms with van der Waals surface area (Å²) in [7, 11) is -4.14. The Hall–Kier alpha value is -0.870. The first kappa shape index (κ1) is 38.2. The summed E-state index contributed by atoms with van der Waals surface area (Å²) in [6.07, 6.45) is 32.0. The number of hydrogen-bond donors (Lipinski definition) is 1. The molecular weight excluding hydrogens is 524 g/mol. The van der Waals surface area contributed by atoms with Gasteiger partial charge in [0.05, 0.1) is 0 Å². The summed E-state index contributed by atoms with van der Waals surface area (Å²) >= 11 is 0. The van der Waals surface area contributed by atoms with Crippen molar-refractivity contribution in [1.29, 1.82) is 0 Å². The van der Waals surface area contributed by atoms with Crippen LogP contribution in [0.25, 0.3) is 0 Å². The maximum atomic E-state index is 12.6. The van der Waals surface area contributed by atoms with E-state index in [1.807, 2.05) is 18.2 Å².